The molecule has 5 rings (SSSR count). The fourth-order valence-electron chi connectivity index (χ4n) is 4.94. The molecular weight excluding hydrogens is 562 g/mol. The van der Waals surface area contributed by atoms with Crippen LogP contribution in [0.2, 0.25) is 5.02 Å². The third kappa shape index (κ3) is 6.43. The number of hydrogen-bond acceptors (Lipinski definition) is 6. The Morgan fingerprint density at radius 1 is 1.10 bits per heavy atom. The molecule has 1 N–H and O–H groups in total. The first-order valence-corrected chi connectivity index (χ1v) is 15.2. The minimum Gasteiger partial charge on any atom is -0.487 e. The molecule has 8 nitrogen and oxygen atoms in total. The van der Waals surface area contributed by atoms with Gasteiger partial charge in [-0.1, -0.05) is 41.9 Å². The van der Waals surface area contributed by atoms with Gasteiger partial charge in [-0.3, -0.25) is 4.72 Å². The Hall–Kier alpha value is -3.79. The van der Waals surface area contributed by atoms with Crippen LogP contribution in [0.1, 0.15) is 29.3 Å². The van der Waals surface area contributed by atoms with Crippen LogP contribution in [-0.2, 0) is 14.8 Å². The van der Waals surface area contributed by atoms with Crippen LogP contribution in [0.5, 0.6) is 5.75 Å². The van der Waals surface area contributed by atoms with Gasteiger partial charge in [-0.25, -0.2) is 13.2 Å². The number of sulfonamides is 1. The van der Waals surface area contributed by atoms with E-state index < -0.39 is 16.0 Å². The fraction of sp³-hybridized carbons (Fsp3) is 0.258. The average molecular weight is 594 g/mol. The van der Waals surface area contributed by atoms with E-state index in [1.54, 1.807) is 48.1 Å². The van der Waals surface area contributed by atoms with Crippen molar-refractivity contribution in [3.63, 3.8) is 0 Å². The number of rotatable bonds is 9. The van der Waals surface area contributed by atoms with Gasteiger partial charge >= 0.3 is 5.97 Å². The third-order valence-corrected chi connectivity index (χ3v) is 8.67. The standard InChI is InChI=1S/C31H32ClN3O5S/c1-4-39-31(36)27-16-21(2)29(18-26(27)22-8-6-5-7-9-22)35-15-13-25(20-35)41(37,38)33-23-10-11-28(32)30(17-23)40-24-12-14-34(3)19-24/h5-11,13,15-18,20,24,33H,4,12,14,19H2,1-3H3/t24-/m1/s1. The van der Waals surface area contributed by atoms with Crippen molar-refractivity contribution in [1.29, 1.82) is 0 Å². The Morgan fingerprint density at radius 3 is 2.59 bits per heavy atom. The molecule has 41 heavy (non-hydrogen) atoms. The topological polar surface area (TPSA) is 89.9 Å². The van der Waals surface area contributed by atoms with E-state index in [-0.39, 0.29) is 17.6 Å². The first kappa shape index (κ1) is 28.7. The lowest BCUT2D eigenvalue weighted by Crippen LogP contribution is -2.21. The van der Waals surface area contributed by atoms with Crippen LogP contribution >= 0.6 is 11.6 Å². The number of carbonyl (C=O) groups is 1. The molecule has 1 fully saturated rings. The Morgan fingerprint density at radius 2 is 1.88 bits per heavy atom. The molecule has 0 bridgehead atoms. The lowest BCUT2D eigenvalue weighted by atomic mass is 9.96. The van der Waals surface area contributed by atoms with E-state index in [1.165, 1.54) is 6.07 Å². The van der Waals surface area contributed by atoms with Gasteiger partial charge in [0, 0.05) is 37.2 Å². The fourth-order valence-corrected chi connectivity index (χ4v) is 6.15. The number of carbonyl (C=O) groups excluding carboxylic acids is 1. The summed E-state index contributed by atoms with van der Waals surface area (Å²) in [6, 6.07) is 19.6. The first-order chi connectivity index (χ1) is 19.6. The number of aryl methyl sites for hydroxylation is 1. The van der Waals surface area contributed by atoms with Crippen molar-refractivity contribution in [2.45, 2.75) is 31.3 Å². The van der Waals surface area contributed by atoms with Crippen LogP contribution in [0, 0.1) is 6.92 Å². The summed E-state index contributed by atoms with van der Waals surface area (Å²) < 4.78 is 42.4. The SMILES string of the molecule is CCOC(=O)c1cc(C)c(-n2ccc(S(=O)(=O)Nc3ccc(Cl)c(O[C@@H]4CCN(C)C4)c3)c2)cc1-c1ccccc1. The van der Waals surface area contributed by atoms with Crippen LogP contribution in [0.4, 0.5) is 5.69 Å². The van der Waals surface area contributed by atoms with Gasteiger partial charge in [0.25, 0.3) is 10.0 Å². The average Bonchev–Trinajstić information content (AvgIpc) is 3.61. The van der Waals surface area contributed by atoms with E-state index in [1.807, 2.05) is 50.4 Å². The summed E-state index contributed by atoms with van der Waals surface area (Å²) >= 11 is 6.34. The van der Waals surface area contributed by atoms with E-state index >= 15 is 0 Å². The molecule has 10 heteroatoms. The summed E-state index contributed by atoms with van der Waals surface area (Å²) in [5, 5.41) is 0.421. The number of nitrogens with one attached hydrogen (secondary N) is 1. The third-order valence-electron chi connectivity index (χ3n) is 7.00. The van der Waals surface area contributed by atoms with Crippen molar-refractivity contribution in [2.75, 3.05) is 31.5 Å². The predicted molar refractivity (Wildman–Crippen MR) is 161 cm³/mol. The van der Waals surface area contributed by atoms with Crippen molar-refractivity contribution in [1.82, 2.24) is 9.47 Å². The summed E-state index contributed by atoms with van der Waals surface area (Å²) in [6.07, 6.45) is 4.11. The van der Waals surface area contributed by atoms with Crippen LogP contribution in [0.15, 0.2) is 84.0 Å². The smallest absolute Gasteiger partial charge is 0.338 e. The molecule has 3 aromatic carbocycles. The number of hydrogen-bond donors (Lipinski definition) is 1. The van der Waals surface area contributed by atoms with Crippen molar-refractivity contribution >= 4 is 33.3 Å². The Balaban J connectivity index is 1.43. The molecule has 4 aromatic rings. The van der Waals surface area contributed by atoms with Gasteiger partial charge < -0.3 is 18.9 Å². The number of benzene rings is 3. The highest BCUT2D eigenvalue weighted by Gasteiger charge is 2.23. The quantitative estimate of drug-likeness (QED) is 0.234. The van der Waals surface area contributed by atoms with Crippen molar-refractivity contribution in [3.05, 3.63) is 95.3 Å². The van der Waals surface area contributed by atoms with Gasteiger partial charge in [-0.05, 0) is 74.3 Å². The highest BCUT2D eigenvalue weighted by atomic mass is 35.5. The summed E-state index contributed by atoms with van der Waals surface area (Å²) in [5.74, 6) is 0.0303. The zero-order valence-corrected chi connectivity index (χ0v) is 24.7. The molecule has 1 atom stereocenters. The zero-order chi connectivity index (χ0) is 29.1. The van der Waals surface area contributed by atoms with Crippen LogP contribution in [0.25, 0.3) is 16.8 Å². The van der Waals surface area contributed by atoms with E-state index in [0.29, 0.717) is 27.6 Å². The van der Waals surface area contributed by atoms with Crippen molar-refractivity contribution in [2.24, 2.45) is 0 Å². The number of anilines is 1. The number of esters is 1. The molecule has 1 aromatic heterocycles. The molecular formula is C31H32ClN3O5S. The highest BCUT2D eigenvalue weighted by molar-refractivity contribution is 7.92. The summed E-state index contributed by atoms with van der Waals surface area (Å²) in [7, 11) is -1.89. The number of nitrogens with zero attached hydrogens (tertiary/aromatic N) is 2. The molecule has 1 saturated heterocycles. The van der Waals surface area contributed by atoms with E-state index in [9.17, 15) is 13.2 Å². The maximum absolute atomic E-state index is 13.4. The molecule has 0 radical (unpaired) electrons. The Bertz CT molecular complexity index is 1670. The minimum atomic E-state index is -3.92. The molecule has 0 unspecified atom stereocenters. The lowest BCUT2D eigenvalue weighted by Gasteiger charge is -2.16. The summed E-state index contributed by atoms with van der Waals surface area (Å²) in [4.78, 5) is 15.0. The second-order valence-corrected chi connectivity index (χ2v) is 12.2. The number of ether oxygens (including phenoxy) is 2. The van der Waals surface area contributed by atoms with Gasteiger partial charge in [0.1, 0.15) is 16.7 Å². The second-order valence-electron chi connectivity index (χ2n) is 10.1. The Labute approximate surface area is 245 Å². The molecule has 1 aliphatic heterocycles. The van der Waals surface area contributed by atoms with E-state index in [2.05, 4.69) is 9.62 Å². The first-order valence-electron chi connectivity index (χ1n) is 13.4. The van der Waals surface area contributed by atoms with Gasteiger partial charge in [-0.2, -0.15) is 0 Å². The molecule has 0 spiro atoms. The molecule has 0 aliphatic carbocycles. The Kier molecular flexibility index (Phi) is 8.40. The maximum atomic E-state index is 13.4. The van der Waals surface area contributed by atoms with Gasteiger partial charge in [0.05, 0.1) is 22.9 Å². The maximum Gasteiger partial charge on any atom is 0.338 e. The molecule has 0 saturated carbocycles. The van der Waals surface area contributed by atoms with Gasteiger partial charge in [-0.15, -0.1) is 0 Å². The molecule has 0 amide bonds. The molecule has 214 valence electrons. The van der Waals surface area contributed by atoms with Gasteiger partial charge in [0.2, 0.25) is 0 Å². The lowest BCUT2D eigenvalue weighted by molar-refractivity contribution is 0.0527. The number of likely N-dealkylation sites (N-methyl/N-ethyl adjacent to an activating group) is 1. The number of aromatic nitrogens is 1. The van der Waals surface area contributed by atoms with E-state index in [0.717, 1.165) is 36.3 Å². The van der Waals surface area contributed by atoms with Crippen molar-refractivity contribution in [3.8, 4) is 22.6 Å². The van der Waals surface area contributed by atoms with Crippen LogP contribution in [0.3, 0.4) is 0 Å². The summed E-state index contributed by atoms with van der Waals surface area (Å²) in [5.41, 5.74) is 3.88. The largest absolute Gasteiger partial charge is 0.487 e. The van der Waals surface area contributed by atoms with Gasteiger partial charge in [0.15, 0.2) is 0 Å². The summed E-state index contributed by atoms with van der Waals surface area (Å²) in [6.45, 7) is 5.62. The predicted octanol–water partition coefficient (Wildman–Crippen LogP) is 6.17. The molecule has 2 heterocycles. The second kappa shape index (κ2) is 12.0. The van der Waals surface area contributed by atoms with Crippen molar-refractivity contribution < 1.29 is 22.7 Å². The van der Waals surface area contributed by atoms with Crippen LogP contribution < -0.4 is 9.46 Å². The number of halogens is 1. The minimum absolute atomic E-state index is 0.00220. The highest BCUT2D eigenvalue weighted by Crippen LogP contribution is 2.33. The monoisotopic (exact) mass is 593 g/mol. The van der Waals surface area contributed by atoms with E-state index in [4.69, 9.17) is 21.1 Å². The van der Waals surface area contributed by atoms with Crippen LogP contribution in [-0.4, -0.2) is 56.7 Å². The molecule has 1 aliphatic rings. The normalized spacial score (nSPS) is 15.6. The zero-order valence-electron chi connectivity index (χ0n) is 23.1. The number of likely N-dealkylation sites (tertiary alicyclic amines) is 1.